The molecule has 1 saturated heterocycles. The first-order valence-corrected chi connectivity index (χ1v) is 15.0. The number of hydrogen-bond acceptors (Lipinski definition) is 6. The normalized spacial score (nSPS) is 20.2. The summed E-state index contributed by atoms with van der Waals surface area (Å²) in [4.78, 5) is 29.3. The van der Waals surface area contributed by atoms with E-state index in [2.05, 4.69) is 11.4 Å². The largest absolute Gasteiger partial charge is 0.771 e. The summed E-state index contributed by atoms with van der Waals surface area (Å²) in [6.07, 6.45) is -0.612. The number of ether oxygens (including phenoxy) is 1. The molecular formula is C30H28Cl2N3O5S-. The lowest BCUT2D eigenvalue weighted by Gasteiger charge is -2.47. The zero-order valence-electron chi connectivity index (χ0n) is 22.2. The van der Waals surface area contributed by atoms with Crippen LogP contribution in [0.3, 0.4) is 0 Å². The highest BCUT2D eigenvalue weighted by molar-refractivity contribution is 7.79. The molecule has 214 valence electrons. The molecule has 0 spiro atoms. The maximum absolute atomic E-state index is 14.3. The minimum Gasteiger partial charge on any atom is -0.771 e. The molecule has 0 saturated carbocycles. The molecule has 11 heteroatoms. The molecule has 4 rings (SSSR count). The van der Waals surface area contributed by atoms with Gasteiger partial charge in [0.2, 0.25) is 5.91 Å². The Balaban J connectivity index is 1.84. The fourth-order valence-electron chi connectivity index (χ4n) is 5.00. The average molecular weight is 614 g/mol. The fraction of sp³-hybridized carbons (Fsp3) is 0.300. The molecule has 8 nitrogen and oxygen atoms in total. The van der Waals surface area contributed by atoms with Crippen molar-refractivity contribution in [3.63, 3.8) is 0 Å². The second-order valence-corrected chi connectivity index (χ2v) is 11.4. The Hall–Kier alpha value is -3.26. The molecule has 5 atom stereocenters. The summed E-state index contributed by atoms with van der Waals surface area (Å²) in [5.41, 5.74) is 2.71. The number of carbonyl (C=O) groups is 2. The smallest absolute Gasteiger partial charge is 0.253 e. The van der Waals surface area contributed by atoms with Gasteiger partial charge in [0, 0.05) is 16.5 Å². The summed E-state index contributed by atoms with van der Waals surface area (Å²) in [5.74, 6) is -1.55. The van der Waals surface area contributed by atoms with Crippen LogP contribution in [0.5, 0.6) is 0 Å². The highest BCUT2D eigenvalue weighted by Gasteiger charge is 2.48. The van der Waals surface area contributed by atoms with Crippen LogP contribution in [0.2, 0.25) is 10.0 Å². The molecule has 1 aliphatic rings. The van der Waals surface area contributed by atoms with E-state index in [1.807, 2.05) is 19.1 Å². The predicted molar refractivity (Wildman–Crippen MR) is 156 cm³/mol. The van der Waals surface area contributed by atoms with Crippen LogP contribution >= 0.6 is 23.2 Å². The van der Waals surface area contributed by atoms with E-state index in [-0.39, 0.29) is 6.42 Å². The third-order valence-corrected chi connectivity index (χ3v) is 7.79. The van der Waals surface area contributed by atoms with Gasteiger partial charge in [0.05, 0.1) is 23.6 Å². The molecule has 0 radical (unpaired) electrons. The maximum Gasteiger partial charge on any atom is 0.253 e. The summed E-state index contributed by atoms with van der Waals surface area (Å²) in [5, 5.41) is 12.7. The molecule has 3 aromatic carbocycles. The number of hydrogen-bond donors (Lipinski definition) is 1. The number of carbonyl (C=O) groups excluding carboxylic acids is 2. The summed E-state index contributed by atoms with van der Waals surface area (Å²) in [6, 6.07) is 21.3. The average Bonchev–Trinajstić information content (AvgIpc) is 2.97. The molecule has 0 aromatic heterocycles. The number of nitrogens with zero attached hydrogens (tertiary/aromatic N) is 2. The first kappa shape index (κ1) is 30.7. The van der Waals surface area contributed by atoms with Crippen molar-refractivity contribution in [3.8, 4) is 6.07 Å². The number of amides is 2. The SMILES string of the molecule is CCC[C@@H](C(=O)NCS(=O)[O-])N1C(=O)[C@@H](Cc2ccc(C#N)cc2)O[C@H](c2ccc(Cl)cc2)[C@@H]1c1ccc(Cl)cc1. The molecular weight excluding hydrogens is 585 g/mol. The molecule has 0 aliphatic carbocycles. The van der Waals surface area contributed by atoms with E-state index in [1.54, 1.807) is 60.7 Å². The van der Waals surface area contributed by atoms with Crippen LogP contribution in [0, 0.1) is 11.3 Å². The van der Waals surface area contributed by atoms with Crippen LogP contribution in [0.25, 0.3) is 0 Å². The Morgan fingerprint density at radius 2 is 1.63 bits per heavy atom. The van der Waals surface area contributed by atoms with Crippen molar-refractivity contribution in [2.75, 3.05) is 5.88 Å². The Labute approximate surface area is 251 Å². The summed E-state index contributed by atoms with van der Waals surface area (Å²) in [7, 11) is 0. The molecule has 1 aliphatic heterocycles. The first-order valence-electron chi connectivity index (χ1n) is 13.0. The van der Waals surface area contributed by atoms with Crippen molar-refractivity contribution in [1.82, 2.24) is 10.2 Å². The van der Waals surface area contributed by atoms with Crippen LogP contribution in [-0.4, -0.2) is 43.5 Å². The lowest BCUT2D eigenvalue weighted by atomic mass is 9.88. The molecule has 1 fully saturated rings. The Morgan fingerprint density at radius 3 is 2.17 bits per heavy atom. The van der Waals surface area contributed by atoms with Crippen molar-refractivity contribution >= 4 is 46.1 Å². The zero-order chi connectivity index (χ0) is 29.5. The number of benzene rings is 3. The molecule has 41 heavy (non-hydrogen) atoms. The quantitative estimate of drug-likeness (QED) is 0.312. The number of halogens is 2. The van der Waals surface area contributed by atoms with Gasteiger partial charge >= 0.3 is 0 Å². The molecule has 1 N–H and O–H groups in total. The van der Waals surface area contributed by atoms with Gasteiger partial charge in [-0.25, -0.2) is 0 Å². The van der Waals surface area contributed by atoms with Crippen LogP contribution in [-0.2, 0) is 31.8 Å². The third kappa shape index (κ3) is 7.53. The van der Waals surface area contributed by atoms with Crippen molar-refractivity contribution in [1.29, 1.82) is 5.26 Å². The number of morpholine rings is 1. The van der Waals surface area contributed by atoms with Crippen LogP contribution < -0.4 is 5.32 Å². The van der Waals surface area contributed by atoms with E-state index < -0.39 is 53.1 Å². The highest BCUT2D eigenvalue weighted by atomic mass is 35.5. The van der Waals surface area contributed by atoms with Crippen molar-refractivity contribution in [2.24, 2.45) is 0 Å². The second kappa shape index (κ2) is 14.1. The summed E-state index contributed by atoms with van der Waals surface area (Å²) in [6.45, 7) is 1.89. The van der Waals surface area contributed by atoms with E-state index >= 15 is 0 Å². The van der Waals surface area contributed by atoms with E-state index in [0.717, 1.165) is 11.1 Å². The van der Waals surface area contributed by atoms with Gasteiger partial charge in [-0.3, -0.25) is 13.8 Å². The van der Waals surface area contributed by atoms with Crippen molar-refractivity contribution in [2.45, 2.75) is 50.5 Å². The maximum atomic E-state index is 14.3. The van der Waals surface area contributed by atoms with Crippen molar-refractivity contribution in [3.05, 3.63) is 105 Å². The first-order chi connectivity index (χ1) is 19.7. The van der Waals surface area contributed by atoms with E-state index in [9.17, 15) is 23.6 Å². The lowest BCUT2D eigenvalue weighted by Crippen LogP contribution is -2.59. The Bertz CT molecular complexity index is 1430. The second-order valence-electron chi connectivity index (χ2n) is 9.65. The molecule has 0 bridgehead atoms. The zero-order valence-corrected chi connectivity index (χ0v) is 24.5. The number of rotatable bonds is 10. The standard InChI is InChI=1S/C30H29Cl2N3O5S/c1-2-3-25(29(36)34-18-41(38)39)35-27(21-8-12-23(31)13-9-21)28(22-10-14-24(32)15-11-22)40-26(30(35)37)16-19-4-6-20(17-33)7-5-19/h4-15,25-28H,2-3,16,18H2,1H3,(H,34,36)(H,38,39)/p-1/t25-,26+,27-,28+/m0/s1. The third-order valence-electron chi connectivity index (χ3n) is 6.91. The van der Waals surface area contributed by atoms with Gasteiger partial charge in [-0.05, 0) is 70.6 Å². The minimum absolute atomic E-state index is 0.198. The molecule has 3 aromatic rings. The van der Waals surface area contributed by atoms with Gasteiger partial charge in [-0.2, -0.15) is 5.26 Å². The topological polar surface area (TPSA) is 123 Å². The highest BCUT2D eigenvalue weighted by Crippen LogP contribution is 2.44. The number of nitriles is 1. The lowest BCUT2D eigenvalue weighted by molar-refractivity contribution is -0.181. The van der Waals surface area contributed by atoms with Crippen LogP contribution in [0.4, 0.5) is 0 Å². The van der Waals surface area contributed by atoms with E-state index in [4.69, 9.17) is 27.9 Å². The van der Waals surface area contributed by atoms with Crippen molar-refractivity contribution < 1.29 is 23.1 Å². The van der Waals surface area contributed by atoms with E-state index in [0.29, 0.717) is 34.0 Å². The van der Waals surface area contributed by atoms with Crippen LogP contribution in [0.1, 0.15) is 54.2 Å². The molecule has 1 heterocycles. The van der Waals surface area contributed by atoms with Crippen LogP contribution in [0.15, 0.2) is 72.8 Å². The molecule has 1 unspecified atom stereocenters. The summed E-state index contributed by atoms with van der Waals surface area (Å²) < 4.78 is 29.1. The summed E-state index contributed by atoms with van der Waals surface area (Å²) >= 11 is 9.86. The van der Waals surface area contributed by atoms with Gasteiger partial charge in [0.25, 0.3) is 5.91 Å². The van der Waals surface area contributed by atoms with Gasteiger partial charge < -0.3 is 19.5 Å². The minimum atomic E-state index is -2.50. The Morgan fingerprint density at radius 1 is 1.05 bits per heavy atom. The monoisotopic (exact) mass is 612 g/mol. The van der Waals surface area contributed by atoms with Gasteiger partial charge in [0.15, 0.2) is 0 Å². The predicted octanol–water partition coefficient (Wildman–Crippen LogP) is 5.24. The number of nitrogens with one attached hydrogen (secondary N) is 1. The Kier molecular flexibility index (Phi) is 10.5. The molecule has 2 amide bonds. The van der Waals surface area contributed by atoms with E-state index in [1.165, 1.54) is 4.90 Å². The van der Waals surface area contributed by atoms with Gasteiger partial charge in [-0.15, -0.1) is 0 Å². The fourth-order valence-corrected chi connectivity index (χ4v) is 5.51. The van der Waals surface area contributed by atoms with Gasteiger partial charge in [0.1, 0.15) is 18.2 Å². The van der Waals surface area contributed by atoms with Gasteiger partial charge in [-0.1, -0.05) is 72.9 Å².